The van der Waals surface area contributed by atoms with E-state index in [2.05, 4.69) is 24.1 Å². The van der Waals surface area contributed by atoms with Crippen LogP contribution in [-0.2, 0) is 22.5 Å². The number of hydrogen-bond donors (Lipinski definition) is 1. The van der Waals surface area contributed by atoms with Gasteiger partial charge in [0.15, 0.2) is 11.2 Å². The Balaban J connectivity index is 1.15. The minimum absolute atomic E-state index is 0.0172. The van der Waals surface area contributed by atoms with E-state index >= 15 is 0 Å². The number of aromatic nitrogens is 4. The van der Waals surface area contributed by atoms with Crippen LogP contribution in [0.2, 0.25) is 0 Å². The highest BCUT2D eigenvalue weighted by molar-refractivity contribution is 5.97. The number of fused-ring (bicyclic) bond motifs is 2. The minimum atomic E-state index is -0.175. The molecule has 0 unspecified atom stereocenters. The van der Waals surface area contributed by atoms with Gasteiger partial charge in [0.1, 0.15) is 18.0 Å². The SMILES string of the molecule is CCc1c(N2CCN(C(=O)c3ccccc3OC)[C@H]3CC[C@@H]32)c(=O)c2nn(C3=CCOCC3)nc2n1CC(=O)NC12CC(C(C)C)(C1)C2. The van der Waals surface area contributed by atoms with Crippen molar-refractivity contribution in [3.05, 3.63) is 51.8 Å². The number of nitrogens with zero attached hydrogens (tertiary/aromatic N) is 6. The van der Waals surface area contributed by atoms with Gasteiger partial charge in [0.25, 0.3) is 5.91 Å². The van der Waals surface area contributed by atoms with E-state index < -0.39 is 0 Å². The monoisotopic (exact) mass is 655 g/mol. The zero-order valence-corrected chi connectivity index (χ0v) is 28.3. The standard InChI is InChI=1S/C36H45N7O5/c1-5-25-31(40-14-15-41(27-11-10-26(27)40)34(46)24-8-6-7-9-28(24)47-4)32(45)30-33(39-43(38-30)23-12-16-48-17-13-23)42(25)18-29(44)37-36-19-35(20-36,21-36)22(2)3/h6-9,12,22,26-27H,5,10-11,13-21H2,1-4H3,(H,37,44)/t26-,27-,35?,36?/m0/s1. The number of para-hydroxylation sites is 1. The molecule has 3 aromatic rings. The maximum absolute atomic E-state index is 14.5. The van der Waals surface area contributed by atoms with E-state index in [9.17, 15) is 14.4 Å². The summed E-state index contributed by atoms with van der Waals surface area (Å²) >= 11 is 0. The molecule has 2 aromatic heterocycles. The average Bonchev–Trinajstić information content (AvgIpc) is 3.49. The smallest absolute Gasteiger partial charge is 0.258 e. The highest BCUT2D eigenvalue weighted by Gasteiger charge is 2.69. The number of methoxy groups -OCH3 is 1. The fourth-order valence-electron chi connectivity index (χ4n) is 9.11. The number of benzene rings is 1. The molecule has 12 heteroatoms. The van der Waals surface area contributed by atoms with Crippen LogP contribution >= 0.6 is 0 Å². The summed E-state index contributed by atoms with van der Waals surface area (Å²) in [6, 6.07) is 7.28. The molecular formula is C36H45N7O5. The Morgan fingerprint density at radius 2 is 1.88 bits per heavy atom. The molecule has 1 saturated heterocycles. The molecule has 4 aliphatic carbocycles. The van der Waals surface area contributed by atoms with Gasteiger partial charge >= 0.3 is 0 Å². The maximum atomic E-state index is 14.5. The Bertz CT molecular complexity index is 1870. The number of hydrogen-bond acceptors (Lipinski definition) is 8. The fraction of sp³-hybridized carbons (Fsp3) is 0.583. The van der Waals surface area contributed by atoms with Gasteiger partial charge in [0.05, 0.1) is 37.6 Å². The number of carbonyl (C=O) groups is 2. The topological polar surface area (TPSA) is 124 Å². The summed E-state index contributed by atoms with van der Waals surface area (Å²) in [4.78, 5) is 47.8. The van der Waals surface area contributed by atoms with Gasteiger partial charge in [-0.2, -0.15) is 4.80 Å². The summed E-state index contributed by atoms with van der Waals surface area (Å²) in [7, 11) is 1.58. The van der Waals surface area contributed by atoms with Crippen LogP contribution in [0.4, 0.5) is 5.69 Å². The van der Waals surface area contributed by atoms with Gasteiger partial charge in [-0.1, -0.05) is 32.9 Å². The van der Waals surface area contributed by atoms with E-state index in [1.54, 1.807) is 18.0 Å². The molecule has 5 fully saturated rings. The molecule has 12 nitrogen and oxygen atoms in total. The van der Waals surface area contributed by atoms with Crippen molar-refractivity contribution in [2.24, 2.45) is 11.3 Å². The third-order valence-electron chi connectivity index (χ3n) is 11.9. The number of carbonyl (C=O) groups excluding carboxylic acids is 2. The molecule has 2 aliphatic heterocycles. The molecule has 9 rings (SSSR count). The van der Waals surface area contributed by atoms with Crippen LogP contribution in [0.15, 0.2) is 35.1 Å². The fourth-order valence-corrected chi connectivity index (χ4v) is 9.11. The number of rotatable bonds is 9. The third kappa shape index (κ3) is 4.69. The molecule has 1 N–H and O–H groups in total. The van der Waals surface area contributed by atoms with E-state index in [1.165, 1.54) is 0 Å². The molecule has 1 aromatic carbocycles. The Morgan fingerprint density at radius 1 is 1.10 bits per heavy atom. The van der Waals surface area contributed by atoms with Gasteiger partial charge in [-0.05, 0) is 68.1 Å². The van der Waals surface area contributed by atoms with Crippen LogP contribution in [0.1, 0.15) is 75.3 Å². The zero-order chi connectivity index (χ0) is 33.4. The van der Waals surface area contributed by atoms with Gasteiger partial charge in [-0.25, -0.2) is 0 Å². The lowest BCUT2D eigenvalue weighted by molar-refractivity contribution is -0.187. The van der Waals surface area contributed by atoms with Crippen molar-refractivity contribution in [1.82, 2.24) is 29.8 Å². The van der Waals surface area contributed by atoms with Crippen molar-refractivity contribution in [3.8, 4) is 5.75 Å². The predicted octanol–water partition coefficient (Wildman–Crippen LogP) is 3.61. The normalized spacial score (nSPS) is 27.5. The maximum Gasteiger partial charge on any atom is 0.258 e. The van der Waals surface area contributed by atoms with Crippen LogP contribution in [0.25, 0.3) is 16.9 Å². The summed E-state index contributed by atoms with van der Waals surface area (Å²) in [6.45, 7) is 8.62. The zero-order valence-electron chi connectivity index (χ0n) is 28.3. The second kappa shape index (κ2) is 11.5. The highest BCUT2D eigenvalue weighted by Crippen LogP contribution is 2.70. The Hall–Kier alpha value is -4.19. The Morgan fingerprint density at radius 3 is 2.54 bits per heavy atom. The Kier molecular flexibility index (Phi) is 7.43. The van der Waals surface area contributed by atoms with E-state index in [0.29, 0.717) is 73.1 Å². The molecule has 4 saturated carbocycles. The molecular weight excluding hydrogens is 610 g/mol. The second-order valence-corrected chi connectivity index (χ2v) is 14.7. The number of nitrogens with one attached hydrogen (secondary N) is 1. The lowest BCUT2D eigenvalue weighted by atomic mass is 9.36. The quantitative estimate of drug-likeness (QED) is 0.371. The van der Waals surface area contributed by atoms with Gasteiger partial charge in [-0.15, -0.1) is 10.2 Å². The summed E-state index contributed by atoms with van der Waals surface area (Å²) in [5.41, 5.74) is 3.55. The first kappa shape index (κ1) is 31.1. The molecule has 2 atom stereocenters. The van der Waals surface area contributed by atoms with Crippen molar-refractivity contribution in [2.75, 3.05) is 38.3 Å². The van der Waals surface area contributed by atoms with Crippen molar-refractivity contribution >= 4 is 34.4 Å². The second-order valence-electron chi connectivity index (χ2n) is 14.7. The van der Waals surface area contributed by atoms with Crippen LogP contribution in [0, 0.1) is 11.3 Å². The van der Waals surface area contributed by atoms with E-state index in [4.69, 9.17) is 19.7 Å². The third-order valence-corrected chi connectivity index (χ3v) is 11.9. The van der Waals surface area contributed by atoms with Gasteiger partial charge in [0, 0.05) is 36.8 Å². The molecule has 4 heterocycles. The Labute approximate surface area is 280 Å². The van der Waals surface area contributed by atoms with E-state index in [-0.39, 0.29) is 46.9 Å². The average molecular weight is 656 g/mol. The molecule has 0 spiro atoms. The minimum Gasteiger partial charge on any atom is -0.496 e. The number of pyridine rings is 1. The highest BCUT2D eigenvalue weighted by atomic mass is 16.5. The van der Waals surface area contributed by atoms with Crippen LogP contribution in [0.3, 0.4) is 0 Å². The van der Waals surface area contributed by atoms with Crippen molar-refractivity contribution in [1.29, 1.82) is 0 Å². The van der Waals surface area contributed by atoms with Crippen LogP contribution in [-0.4, -0.2) is 87.3 Å². The van der Waals surface area contributed by atoms with E-state index in [0.717, 1.165) is 43.5 Å². The first-order valence-electron chi connectivity index (χ1n) is 17.5. The molecule has 2 amide bonds. The number of piperazine rings is 1. The van der Waals surface area contributed by atoms with E-state index in [1.807, 2.05) is 40.7 Å². The van der Waals surface area contributed by atoms with Gasteiger partial charge in [0.2, 0.25) is 11.3 Å². The summed E-state index contributed by atoms with van der Waals surface area (Å²) in [5.74, 6) is 1.05. The number of amides is 2. The summed E-state index contributed by atoms with van der Waals surface area (Å²) < 4.78 is 12.9. The van der Waals surface area contributed by atoms with Crippen molar-refractivity contribution in [3.63, 3.8) is 0 Å². The van der Waals surface area contributed by atoms with Crippen molar-refractivity contribution in [2.45, 2.75) is 89.9 Å². The van der Waals surface area contributed by atoms with Crippen molar-refractivity contribution < 1.29 is 19.1 Å². The molecule has 48 heavy (non-hydrogen) atoms. The van der Waals surface area contributed by atoms with Gasteiger partial charge in [-0.3, -0.25) is 14.4 Å². The van der Waals surface area contributed by atoms with Gasteiger partial charge < -0.3 is 29.2 Å². The number of anilines is 1. The number of ether oxygens (including phenoxy) is 2. The predicted molar refractivity (Wildman–Crippen MR) is 181 cm³/mol. The molecule has 2 bridgehead atoms. The molecule has 254 valence electrons. The largest absolute Gasteiger partial charge is 0.496 e. The van der Waals surface area contributed by atoms with Crippen LogP contribution in [0.5, 0.6) is 5.75 Å². The molecule has 6 aliphatic rings. The lowest BCUT2D eigenvalue weighted by Crippen LogP contribution is -2.76. The van der Waals surface area contributed by atoms with Crippen LogP contribution < -0.4 is 20.4 Å². The first-order chi connectivity index (χ1) is 23.2. The lowest BCUT2D eigenvalue weighted by Gasteiger charge is -2.72. The molecule has 0 radical (unpaired) electrons. The summed E-state index contributed by atoms with van der Waals surface area (Å²) in [6.07, 6.45) is 7.92. The first-order valence-corrected chi connectivity index (χ1v) is 17.5. The summed E-state index contributed by atoms with van der Waals surface area (Å²) in [5, 5.41) is 13.0.